The van der Waals surface area contributed by atoms with Gasteiger partial charge in [-0.05, 0) is 73.3 Å². The van der Waals surface area contributed by atoms with Gasteiger partial charge in [-0.15, -0.1) is 0 Å². The van der Waals surface area contributed by atoms with E-state index in [1.54, 1.807) is 0 Å². The summed E-state index contributed by atoms with van der Waals surface area (Å²) in [5.41, 5.74) is 8.81. The predicted octanol–water partition coefficient (Wildman–Crippen LogP) is 11.7. The zero-order valence-electron chi connectivity index (χ0n) is 30.5. The fourth-order valence-corrected chi connectivity index (χ4v) is 8.35. The van der Waals surface area contributed by atoms with Crippen LogP contribution in [0.15, 0.2) is 73.3 Å². The molecule has 260 valence electrons. The summed E-state index contributed by atoms with van der Waals surface area (Å²) in [4.78, 5) is 18.8. The third-order valence-electron chi connectivity index (χ3n) is 11.6. The molecule has 2 saturated carbocycles. The number of ether oxygens (including phenoxy) is 1. The summed E-state index contributed by atoms with van der Waals surface area (Å²) in [5, 5.41) is 0. The van der Waals surface area contributed by atoms with Crippen LogP contribution in [0.4, 0.5) is 0 Å². The minimum Gasteiger partial charge on any atom is -0.365 e. The predicted molar refractivity (Wildman–Crippen MR) is 201 cm³/mol. The van der Waals surface area contributed by atoms with Crippen molar-refractivity contribution in [2.45, 2.75) is 130 Å². The topological polar surface area (TPSA) is 60.8 Å². The summed E-state index contributed by atoms with van der Waals surface area (Å²) in [6.45, 7) is 9.07. The van der Waals surface area contributed by atoms with E-state index in [2.05, 4.69) is 86.2 Å². The molecule has 2 aliphatic carbocycles. The lowest BCUT2D eigenvalue weighted by Gasteiger charge is -2.40. The second-order valence-corrected chi connectivity index (χ2v) is 14.9. The van der Waals surface area contributed by atoms with Crippen LogP contribution in [0.1, 0.15) is 139 Å². The number of hydrogen-bond acceptors (Lipinski definition) is 5. The maximum Gasteiger partial charge on any atom is 0.0885 e. The molecule has 5 heteroatoms. The van der Waals surface area contributed by atoms with Crippen molar-refractivity contribution >= 4 is 0 Å². The number of hydrogen-bond donors (Lipinski definition) is 0. The van der Waals surface area contributed by atoms with Gasteiger partial charge in [0.25, 0.3) is 0 Å². The van der Waals surface area contributed by atoms with Gasteiger partial charge in [-0.1, -0.05) is 128 Å². The number of aryl methyl sites for hydroxylation is 2. The largest absolute Gasteiger partial charge is 0.365 e. The van der Waals surface area contributed by atoms with Gasteiger partial charge in [0, 0.05) is 23.5 Å². The second-order valence-electron chi connectivity index (χ2n) is 14.9. The van der Waals surface area contributed by atoms with Crippen LogP contribution in [0.5, 0.6) is 0 Å². The molecule has 2 fully saturated rings. The van der Waals surface area contributed by atoms with Crippen molar-refractivity contribution in [3.63, 3.8) is 0 Å². The van der Waals surface area contributed by atoms with Crippen LogP contribution in [0.3, 0.4) is 0 Å². The molecule has 2 heterocycles. The Morgan fingerprint density at radius 1 is 0.510 bits per heavy atom. The van der Waals surface area contributed by atoms with Gasteiger partial charge in [-0.2, -0.15) is 0 Å². The summed E-state index contributed by atoms with van der Waals surface area (Å²) in [6.07, 6.45) is 24.7. The smallest absolute Gasteiger partial charge is 0.0885 e. The van der Waals surface area contributed by atoms with Gasteiger partial charge in [0.2, 0.25) is 0 Å². The Balaban J connectivity index is 1.29. The second kappa shape index (κ2) is 17.5. The molecular weight excluding hydrogens is 601 g/mol. The van der Waals surface area contributed by atoms with Crippen LogP contribution < -0.4 is 0 Å². The van der Waals surface area contributed by atoms with Gasteiger partial charge in [-0.25, -0.2) is 0 Å². The zero-order valence-corrected chi connectivity index (χ0v) is 30.5. The Hall–Kier alpha value is -3.44. The number of nitrogens with zero attached hydrogens (tertiary/aromatic N) is 4. The van der Waals surface area contributed by atoms with E-state index < -0.39 is 0 Å². The van der Waals surface area contributed by atoms with Crippen molar-refractivity contribution in [3.8, 4) is 22.5 Å². The highest BCUT2D eigenvalue weighted by Crippen LogP contribution is 2.47. The average molecular weight is 659 g/mol. The zero-order chi connectivity index (χ0) is 34.0. The van der Waals surface area contributed by atoms with Gasteiger partial charge >= 0.3 is 0 Å². The summed E-state index contributed by atoms with van der Waals surface area (Å²) in [7, 11) is 0. The summed E-state index contributed by atoms with van der Waals surface area (Å²) >= 11 is 0. The lowest BCUT2D eigenvalue weighted by molar-refractivity contribution is -0.0905. The van der Waals surface area contributed by atoms with E-state index in [0.29, 0.717) is 11.8 Å². The van der Waals surface area contributed by atoms with E-state index in [-0.39, 0.29) is 12.2 Å². The molecule has 4 aromatic rings. The van der Waals surface area contributed by atoms with E-state index >= 15 is 0 Å². The lowest BCUT2D eigenvalue weighted by atomic mass is 9.75. The fourth-order valence-electron chi connectivity index (χ4n) is 8.35. The number of rotatable bonds is 14. The molecule has 0 spiro atoms. The average Bonchev–Trinajstić information content (AvgIpc) is 3.17. The van der Waals surface area contributed by atoms with Crippen molar-refractivity contribution in [1.29, 1.82) is 0 Å². The Bertz CT molecular complexity index is 1420. The molecular formula is C44H58N4O. The number of benzene rings is 2. The van der Waals surface area contributed by atoms with Crippen molar-refractivity contribution in [2.75, 3.05) is 0 Å². The van der Waals surface area contributed by atoms with Crippen molar-refractivity contribution in [1.82, 2.24) is 19.9 Å². The first-order valence-corrected chi connectivity index (χ1v) is 19.6. The SMILES string of the molecule is CCCc1cnc(-c2ccc(C(OC(c3ccc(-c4cnc(CCC)cn4)cc3)C3CCC(CC)CC3)C3CCC(CC)CC3)cc2)cn1. The van der Waals surface area contributed by atoms with Gasteiger partial charge < -0.3 is 4.74 Å². The minimum atomic E-state index is 0.0652. The maximum absolute atomic E-state index is 7.56. The van der Waals surface area contributed by atoms with E-state index in [0.717, 1.165) is 71.4 Å². The van der Waals surface area contributed by atoms with Crippen molar-refractivity contribution < 1.29 is 4.74 Å². The molecule has 0 amide bonds. The van der Waals surface area contributed by atoms with Crippen LogP contribution >= 0.6 is 0 Å². The van der Waals surface area contributed by atoms with Crippen LogP contribution in [0, 0.1) is 23.7 Å². The normalized spacial score (nSPS) is 22.4. The van der Waals surface area contributed by atoms with Gasteiger partial charge in [0.1, 0.15) is 0 Å². The van der Waals surface area contributed by atoms with Crippen molar-refractivity contribution in [2.24, 2.45) is 23.7 Å². The molecule has 0 aliphatic heterocycles. The molecule has 0 saturated heterocycles. The molecule has 0 radical (unpaired) electrons. The van der Waals surface area contributed by atoms with Crippen LogP contribution in [0.2, 0.25) is 0 Å². The highest BCUT2D eigenvalue weighted by Gasteiger charge is 2.35. The molecule has 2 unspecified atom stereocenters. The van der Waals surface area contributed by atoms with E-state index in [1.165, 1.54) is 75.3 Å². The lowest BCUT2D eigenvalue weighted by Crippen LogP contribution is -2.28. The van der Waals surface area contributed by atoms with Crippen LogP contribution in [-0.4, -0.2) is 19.9 Å². The molecule has 2 atom stereocenters. The monoisotopic (exact) mass is 658 g/mol. The fraction of sp³-hybridized carbons (Fsp3) is 0.545. The first-order chi connectivity index (χ1) is 24.1. The highest BCUT2D eigenvalue weighted by molar-refractivity contribution is 5.59. The Morgan fingerprint density at radius 2 is 0.898 bits per heavy atom. The Morgan fingerprint density at radius 3 is 1.20 bits per heavy atom. The third kappa shape index (κ3) is 9.03. The van der Waals surface area contributed by atoms with Gasteiger partial charge in [0.05, 0.1) is 47.4 Å². The molecule has 49 heavy (non-hydrogen) atoms. The third-order valence-corrected chi connectivity index (χ3v) is 11.6. The first kappa shape index (κ1) is 35.4. The molecule has 2 aliphatic rings. The molecule has 0 bridgehead atoms. The molecule has 5 nitrogen and oxygen atoms in total. The maximum atomic E-state index is 7.56. The van der Waals surface area contributed by atoms with Crippen LogP contribution in [0.25, 0.3) is 22.5 Å². The first-order valence-electron chi connectivity index (χ1n) is 19.6. The Labute approximate surface area is 295 Å². The quantitative estimate of drug-likeness (QED) is 0.135. The highest BCUT2D eigenvalue weighted by atomic mass is 16.5. The van der Waals surface area contributed by atoms with Gasteiger partial charge in [-0.3, -0.25) is 19.9 Å². The van der Waals surface area contributed by atoms with E-state index in [4.69, 9.17) is 14.7 Å². The van der Waals surface area contributed by atoms with Crippen molar-refractivity contribution in [3.05, 3.63) is 95.8 Å². The standard InChI is InChI=1S/C44H58N4O/c1-5-9-39-27-47-41(29-45-39)33-19-23-37(24-20-33)43(35-15-11-31(7-3)12-16-35)49-44(36-17-13-32(8-4)14-18-36)38-25-21-34(22-26-38)42-30-46-40(10-6-2)28-48-42/h19-32,35-36,43-44H,5-18H2,1-4H3. The molecule has 6 rings (SSSR count). The van der Waals surface area contributed by atoms with Gasteiger partial charge in [0.15, 0.2) is 0 Å². The van der Waals surface area contributed by atoms with E-state index in [1.807, 2.05) is 24.8 Å². The summed E-state index contributed by atoms with van der Waals surface area (Å²) < 4.78 is 7.56. The van der Waals surface area contributed by atoms with Crippen LogP contribution in [-0.2, 0) is 17.6 Å². The van der Waals surface area contributed by atoms with E-state index in [9.17, 15) is 0 Å². The molecule has 0 N–H and O–H groups in total. The summed E-state index contributed by atoms with van der Waals surface area (Å²) in [5.74, 6) is 2.74. The number of aromatic nitrogens is 4. The Kier molecular flexibility index (Phi) is 12.6. The molecule has 2 aromatic heterocycles. The summed E-state index contributed by atoms with van der Waals surface area (Å²) in [6, 6.07) is 18.2. The molecule has 2 aromatic carbocycles. The minimum absolute atomic E-state index is 0.0652.